The third kappa shape index (κ3) is 2.00. The van der Waals surface area contributed by atoms with Crippen LogP contribution in [-0.4, -0.2) is 15.0 Å². The van der Waals surface area contributed by atoms with Crippen molar-refractivity contribution in [3.05, 3.63) is 65.8 Å². The van der Waals surface area contributed by atoms with Crippen LogP contribution in [0.2, 0.25) is 5.02 Å². The Hall–Kier alpha value is -2.13. The second-order valence-corrected chi connectivity index (χ2v) is 4.31. The summed E-state index contributed by atoms with van der Waals surface area (Å²) in [6.07, 6.45) is 1.73. The van der Waals surface area contributed by atoms with Crippen LogP contribution in [0.4, 0.5) is 0 Å². The summed E-state index contributed by atoms with van der Waals surface area (Å²) in [4.78, 5) is 0. The summed E-state index contributed by atoms with van der Waals surface area (Å²) < 4.78 is 1.80. The maximum absolute atomic E-state index is 6.01. The summed E-state index contributed by atoms with van der Waals surface area (Å²) in [7, 11) is 0. The van der Waals surface area contributed by atoms with E-state index in [9.17, 15) is 0 Å². The van der Waals surface area contributed by atoms with Gasteiger partial charge in [0, 0.05) is 10.6 Å². The van der Waals surface area contributed by atoms with E-state index in [2.05, 4.69) is 10.3 Å². The molecule has 0 atom stereocenters. The first-order chi connectivity index (χ1) is 8.84. The molecule has 3 aromatic rings. The summed E-state index contributed by atoms with van der Waals surface area (Å²) in [6.45, 7) is 0. The Bertz CT molecular complexity index is 662. The molecule has 0 amide bonds. The Labute approximate surface area is 110 Å². The molecular formula is C14H10ClN3. The molecule has 2 aromatic carbocycles. The molecule has 4 heteroatoms. The molecule has 0 fully saturated rings. The van der Waals surface area contributed by atoms with Crippen molar-refractivity contribution in [2.24, 2.45) is 0 Å². The standard InChI is InChI=1S/C14H10ClN3/c15-12-6-4-5-11(9-12)14-10-16-17-18(14)13-7-2-1-3-8-13/h1-10H. The van der Waals surface area contributed by atoms with Crippen LogP contribution in [0.1, 0.15) is 0 Å². The molecule has 0 radical (unpaired) electrons. The van der Waals surface area contributed by atoms with Crippen LogP contribution < -0.4 is 0 Å². The highest BCUT2D eigenvalue weighted by molar-refractivity contribution is 6.30. The van der Waals surface area contributed by atoms with Gasteiger partial charge in [0.2, 0.25) is 0 Å². The van der Waals surface area contributed by atoms with Crippen molar-refractivity contribution >= 4 is 11.6 Å². The molecule has 0 N–H and O–H groups in total. The van der Waals surface area contributed by atoms with Gasteiger partial charge in [-0.3, -0.25) is 0 Å². The van der Waals surface area contributed by atoms with Gasteiger partial charge in [0.05, 0.1) is 17.6 Å². The molecule has 3 rings (SSSR count). The highest BCUT2D eigenvalue weighted by Gasteiger charge is 2.08. The van der Waals surface area contributed by atoms with Gasteiger partial charge in [-0.05, 0) is 24.3 Å². The highest BCUT2D eigenvalue weighted by atomic mass is 35.5. The second kappa shape index (κ2) is 4.63. The molecule has 0 unspecified atom stereocenters. The normalized spacial score (nSPS) is 10.5. The van der Waals surface area contributed by atoms with Crippen molar-refractivity contribution in [3.63, 3.8) is 0 Å². The fourth-order valence-electron chi connectivity index (χ4n) is 1.84. The van der Waals surface area contributed by atoms with E-state index in [-0.39, 0.29) is 0 Å². The first-order valence-corrected chi connectivity index (χ1v) is 5.94. The lowest BCUT2D eigenvalue weighted by atomic mass is 10.1. The lowest BCUT2D eigenvalue weighted by molar-refractivity contribution is 0.808. The zero-order chi connectivity index (χ0) is 12.4. The molecule has 0 bridgehead atoms. The van der Waals surface area contributed by atoms with Crippen molar-refractivity contribution in [1.29, 1.82) is 0 Å². The first kappa shape index (κ1) is 11.0. The predicted molar refractivity (Wildman–Crippen MR) is 71.8 cm³/mol. The summed E-state index contributed by atoms with van der Waals surface area (Å²) in [5.41, 5.74) is 2.89. The number of aromatic nitrogens is 3. The van der Waals surface area contributed by atoms with Crippen LogP contribution in [0.3, 0.4) is 0 Å². The molecule has 0 aliphatic carbocycles. The van der Waals surface area contributed by atoms with Crippen molar-refractivity contribution in [3.8, 4) is 16.9 Å². The molecule has 0 aliphatic rings. The van der Waals surface area contributed by atoms with Crippen LogP contribution in [-0.2, 0) is 0 Å². The smallest absolute Gasteiger partial charge is 0.0944 e. The first-order valence-electron chi connectivity index (χ1n) is 5.57. The topological polar surface area (TPSA) is 30.7 Å². The van der Waals surface area contributed by atoms with Crippen molar-refractivity contribution in [1.82, 2.24) is 15.0 Å². The lowest BCUT2D eigenvalue weighted by Crippen LogP contribution is -1.98. The second-order valence-electron chi connectivity index (χ2n) is 3.88. The molecule has 88 valence electrons. The van der Waals surface area contributed by atoms with E-state index in [0.29, 0.717) is 5.02 Å². The molecule has 3 nitrogen and oxygen atoms in total. The van der Waals surface area contributed by atoms with E-state index >= 15 is 0 Å². The maximum Gasteiger partial charge on any atom is 0.0944 e. The number of rotatable bonds is 2. The van der Waals surface area contributed by atoms with Crippen molar-refractivity contribution in [2.45, 2.75) is 0 Å². The van der Waals surface area contributed by atoms with E-state index < -0.39 is 0 Å². The monoisotopic (exact) mass is 255 g/mol. The number of para-hydroxylation sites is 1. The number of nitrogens with zero attached hydrogens (tertiary/aromatic N) is 3. The molecule has 0 saturated heterocycles. The molecule has 0 aliphatic heterocycles. The van der Waals surface area contributed by atoms with Gasteiger partial charge in [-0.1, -0.05) is 47.1 Å². The average molecular weight is 256 g/mol. The number of hydrogen-bond acceptors (Lipinski definition) is 2. The average Bonchev–Trinajstić information content (AvgIpc) is 2.89. The van der Waals surface area contributed by atoms with E-state index in [4.69, 9.17) is 11.6 Å². The summed E-state index contributed by atoms with van der Waals surface area (Å²) >= 11 is 6.01. The third-order valence-electron chi connectivity index (χ3n) is 2.67. The van der Waals surface area contributed by atoms with E-state index in [0.717, 1.165) is 16.9 Å². The van der Waals surface area contributed by atoms with E-state index in [1.54, 1.807) is 10.9 Å². The van der Waals surface area contributed by atoms with Gasteiger partial charge < -0.3 is 0 Å². The van der Waals surface area contributed by atoms with Crippen molar-refractivity contribution < 1.29 is 0 Å². The summed E-state index contributed by atoms with van der Waals surface area (Å²) in [5, 5.41) is 8.79. The SMILES string of the molecule is Clc1cccc(-c2cnnn2-c2ccccc2)c1. The zero-order valence-corrected chi connectivity index (χ0v) is 10.2. The molecule has 18 heavy (non-hydrogen) atoms. The summed E-state index contributed by atoms with van der Waals surface area (Å²) in [5.74, 6) is 0. The van der Waals surface area contributed by atoms with Crippen LogP contribution in [0.5, 0.6) is 0 Å². The maximum atomic E-state index is 6.01. The summed E-state index contributed by atoms with van der Waals surface area (Å²) in [6, 6.07) is 17.5. The van der Waals surface area contributed by atoms with E-state index in [1.807, 2.05) is 54.6 Å². The van der Waals surface area contributed by atoms with Crippen LogP contribution in [0.25, 0.3) is 16.9 Å². The molecule has 1 heterocycles. The van der Waals surface area contributed by atoms with Gasteiger partial charge in [-0.15, -0.1) is 5.10 Å². The fraction of sp³-hybridized carbons (Fsp3) is 0. The minimum absolute atomic E-state index is 0.702. The minimum atomic E-state index is 0.702. The van der Waals surface area contributed by atoms with Gasteiger partial charge in [0.15, 0.2) is 0 Å². The molecular weight excluding hydrogens is 246 g/mol. The van der Waals surface area contributed by atoms with Gasteiger partial charge >= 0.3 is 0 Å². The van der Waals surface area contributed by atoms with E-state index in [1.165, 1.54) is 0 Å². The van der Waals surface area contributed by atoms with Crippen molar-refractivity contribution in [2.75, 3.05) is 0 Å². The quantitative estimate of drug-likeness (QED) is 0.701. The largest absolute Gasteiger partial charge is 0.213 e. The Morgan fingerprint density at radius 2 is 1.78 bits per heavy atom. The third-order valence-corrected chi connectivity index (χ3v) is 2.91. The number of benzene rings is 2. The predicted octanol–water partition coefficient (Wildman–Crippen LogP) is 3.59. The fourth-order valence-corrected chi connectivity index (χ4v) is 2.03. The highest BCUT2D eigenvalue weighted by Crippen LogP contribution is 2.23. The Balaban J connectivity index is 2.13. The van der Waals surface area contributed by atoms with Crippen LogP contribution in [0, 0.1) is 0 Å². The van der Waals surface area contributed by atoms with Gasteiger partial charge in [-0.25, -0.2) is 4.68 Å². The Morgan fingerprint density at radius 3 is 2.56 bits per heavy atom. The lowest BCUT2D eigenvalue weighted by Gasteiger charge is -2.06. The Kier molecular flexibility index (Phi) is 2.82. The molecule has 1 aromatic heterocycles. The van der Waals surface area contributed by atoms with Gasteiger partial charge in [0.25, 0.3) is 0 Å². The Morgan fingerprint density at radius 1 is 0.944 bits per heavy atom. The molecule has 0 saturated carbocycles. The van der Waals surface area contributed by atoms with Crippen LogP contribution >= 0.6 is 11.6 Å². The van der Waals surface area contributed by atoms with Gasteiger partial charge in [-0.2, -0.15) is 0 Å². The van der Waals surface area contributed by atoms with Crippen LogP contribution in [0.15, 0.2) is 60.8 Å². The number of hydrogen-bond donors (Lipinski definition) is 0. The van der Waals surface area contributed by atoms with Gasteiger partial charge in [0.1, 0.15) is 0 Å². The zero-order valence-electron chi connectivity index (χ0n) is 9.49. The minimum Gasteiger partial charge on any atom is -0.213 e. The number of halogens is 1. The molecule has 0 spiro atoms.